The molecule has 6 heteroatoms. The van der Waals surface area contributed by atoms with Crippen LogP contribution in [0.4, 0.5) is 5.69 Å². The van der Waals surface area contributed by atoms with E-state index in [0.29, 0.717) is 0 Å². The molecule has 2 aromatic carbocycles. The number of ketones is 1. The minimum atomic E-state index is -0.547. The second-order valence-corrected chi connectivity index (χ2v) is 6.11. The molecular formula is C20H19N2O4+. The lowest BCUT2D eigenvalue weighted by atomic mass is 10.0. The molecule has 0 unspecified atom stereocenters. The number of nitrogens with zero attached hydrogens (tertiary/aromatic N) is 2. The van der Waals surface area contributed by atoms with Crippen LogP contribution in [0.5, 0.6) is 5.75 Å². The van der Waals surface area contributed by atoms with Crippen LogP contribution in [0.1, 0.15) is 28.9 Å². The number of para-hydroxylation sites is 1. The molecule has 0 aliphatic heterocycles. The van der Waals surface area contributed by atoms with Crippen molar-refractivity contribution in [1.82, 2.24) is 0 Å². The number of nitro groups is 1. The van der Waals surface area contributed by atoms with Gasteiger partial charge in [0.15, 0.2) is 11.9 Å². The van der Waals surface area contributed by atoms with Crippen LogP contribution in [0.2, 0.25) is 0 Å². The Balaban J connectivity index is 2.05. The molecule has 0 amide bonds. The van der Waals surface area contributed by atoms with Crippen molar-refractivity contribution in [2.24, 2.45) is 0 Å². The van der Waals surface area contributed by atoms with Gasteiger partial charge in [0.25, 0.3) is 0 Å². The normalized spacial score (nSPS) is 12.0. The summed E-state index contributed by atoms with van der Waals surface area (Å²) in [4.78, 5) is 23.6. The number of pyridine rings is 1. The summed E-state index contributed by atoms with van der Waals surface area (Å²) in [5, 5.41) is 12.3. The van der Waals surface area contributed by atoms with Gasteiger partial charge >= 0.3 is 5.69 Å². The highest BCUT2D eigenvalue weighted by atomic mass is 16.6. The Bertz CT molecular complexity index is 1010. The van der Waals surface area contributed by atoms with E-state index in [1.165, 1.54) is 19.2 Å². The Kier molecular flexibility index (Phi) is 4.67. The summed E-state index contributed by atoms with van der Waals surface area (Å²) in [5.74, 6) is -0.0672. The molecule has 3 aromatic rings. The van der Waals surface area contributed by atoms with E-state index in [0.717, 1.165) is 16.5 Å². The number of aryl methyl sites for hydroxylation is 1. The first-order valence-corrected chi connectivity index (χ1v) is 8.20. The Labute approximate surface area is 150 Å². The third-order valence-electron chi connectivity index (χ3n) is 4.55. The van der Waals surface area contributed by atoms with Gasteiger partial charge in [-0.1, -0.05) is 12.1 Å². The summed E-state index contributed by atoms with van der Waals surface area (Å²) in [7, 11) is 1.36. The van der Waals surface area contributed by atoms with Crippen LogP contribution in [-0.4, -0.2) is 17.8 Å². The second kappa shape index (κ2) is 6.92. The largest absolute Gasteiger partial charge is 0.490 e. The quantitative estimate of drug-likeness (QED) is 0.303. The first kappa shape index (κ1) is 17.5. The van der Waals surface area contributed by atoms with Gasteiger partial charge in [0.2, 0.25) is 17.3 Å². The van der Waals surface area contributed by atoms with E-state index in [9.17, 15) is 14.9 Å². The first-order valence-electron chi connectivity index (χ1n) is 8.20. The number of Topliss-reactive ketones (excluding diaryl/α,β-unsaturated/α-hetero) is 1. The lowest BCUT2D eigenvalue weighted by molar-refractivity contribution is -0.679. The van der Waals surface area contributed by atoms with Gasteiger partial charge < -0.3 is 4.74 Å². The van der Waals surface area contributed by atoms with Crippen molar-refractivity contribution in [1.29, 1.82) is 0 Å². The van der Waals surface area contributed by atoms with Crippen LogP contribution in [0.15, 0.2) is 54.7 Å². The van der Waals surface area contributed by atoms with E-state index in [1.807, 2.05) is 48.0 Å². The number of methoxy groups -OCH3 is 1. The molecule has 0 radical (unpaired) electrons. The number of benzene rings is 2. The molecule has 132 valence electrons. The predicted molar refractivity (Wildman–Crippen MR) is 97.6 cm³/mol. The minimum Gasteiger partial charge on any atom is -0.490 e. The van der Waals surface area contributed by atoms with Gasteiger partial charge in [-0.15, -0.1) is 0 Å². The second-order valence-electron chi connectivity index (χ2n) is 6.11. The van der Waals surface area contributed by atoms with E-state index >= 15 is 0 Å². The monoisotopic (exact) mass is 351 g/mol. The van der Waals surface area contributed by atoms with Crippen molar-refractivity contribution in [3.63, 3.8) is 0 Å². The van der Waals surface area contributed by atoms with Crippen molar-refractivity contribution in [3.05, 3.63) is 76.0 Å². The number of fused-ring (bicyclic) bond motifs is 1. The number of carbonyl (C=O) groups is 1. The molecule has 0 N–H and O–H groups in total. The van der Waals surface area contributed by atoms with Gasteiger partial charge in [0.05, 0.1) is 12.0 Å². The number of hydrogen-bond donors (Lipinski definition) is 0. The average Bonchev–Trinajstić information content (AvgIpc) is 2.67. The third-order valence-corrected chi connectivity index (χ3v) is 4.55. The summed E-state index contributed by atoms with van der Waals surface area (Å²) in [6.45, 7) is 3.81. The van der Waals surface area contributed by atoms with Crippen molar-refractivity contribution in [2.75, 3.05) is 7.11 Å². The molecule has 0 bridgehead atoms. The predicted octanol–water partition coefficient (Wildman–Crippen LogP) is 3.80. The highest BCUT2D eigenvalue weighted by Crippen LogP contribution is 2.28. The SMILES string of the molecule is COc1ccc(C(=O)[C@H](C)[n+]2ccc(C)c3ccccc32)cc1[N+](=O)[O-]. The van der Waals surface area contributed by atoms with Gasteiger partial charge in [-0.25, -0.2) is 0 Å². The molecule has 0 saturated heterocycles. The van der Waals surface area contributed by atoms with Crippen molar-refractivity contribution < 1.29 is 19.0 Å². The summed E-state index contributed by atoms with van der Waals surface area (Å²) in [5.41, 5.74) is 2.12. The number of ether oxygens (including phenoxy) is 1. The molecule has 1 heterocycles. The fraction of sp³-hybridized carbons (Fsp3) is 0.200. The molecule has 0 aliphatic rings. The van der Waals surface area contributed by atoms with Crippen LogP contribution >= 0.6 is 0 Å². The number of aromatic nitrogens is 1. The number of nitro benzene ring substituents is 1. The van der Waals surface area contributed by atoms with Crippen molar-refractivity contribution >= 4 is 22.4 Å². The standard InChI is InChI=1S/C20H19N2O4/c1-13-10-11-21(17-7-5-4-6-16(13)17)14(2)20(23)15-8-9-19(26-3)18(12-15)22(24)25/h4-12,14H,1-3H3/q+1/t14-/m0/s1. The Morgan fingerprint density at radius 2 is 1.92 bits per heavy atom. The average molecular weight is 351 g/mol. The van der Waals surface area contributed by atoms with E-state index < -0.39 is 11.0 Å². The third kappa shape index (κ3) is 3.01. The van der Waals surface area contributed by atoms with Crippen LogP contribution in [0, 0.1) is 17.0 Å². The van der Waals surface area contributed by atoms with Crippen LogP contribution in [0.25, 0.3) is 10.9 Å². The topological polar surface area (TPSA) is 73.3 Å². The van der Waals surface area contributed by atoms with Crippen molar-refractivity contribution in [3.8, 4) is 5.75 Å². The highest BCUT2D eigenvalue weighted by Gasteiger charge is 2.28. The molecule has 0 spiro atoms. The smallest absolute Gasteiger partial charge is 0.311 e. The zero-order valence-electron chi connectivity index (χ0n) is 14.8. The van der Waals surface area contributed by atoms with Crippen molar-refractivity contribution in [2.45, 2.75) is 19.9 Å². The number of hydrogen-bond acceptors (Lipinski definition) is 4. The maximum absolute atomic E-state index is 13.0. The Morgan fingerprint density at radius 3 is 2.62 bits per heavy atom. The summed E-state index contributed by atoms with van der Waals surface area (Å²) in [6.07, 6.45) is 1.87. The molecule has 0 fully saturated rings. The molecule has 0 saturated carbocycles. The summed E-state index contributed by atoms with van der Waals surface area (Å²) in [6, 6.07) is 13.6. The van der Waals surface area contributed by atoms with Crippen LogP contribution in [-0.2, 0) is 0 Å². The number of carbonyl (C=O) groups excluding carboxylic acids is 1. The minimum absolute atomic E-state index is 0.132. The fourth-order valence-electron chi connectivity index (χ4n) is 3.09. The van der Waals surface area contributed by atoms with Gasteiger partial charge in [0.1, 0.15) is 0 Å². The summed E-state index contributed by atoms with van der Waals surface area (Å²) >= 11 is 0. The van der Waals surface area contributed by atoms with E-state index in [2.05, 4.69) is 0 Å². The molecular weight excluding hydrogens is 332 g/mol. The van der Waals surface area contributed by atoms with Gasteiger partial charge in [-0.2, -0.15) is 4.57 Å². The van der Waals surface area contributed by atoms with Gasteiger partial charge in [0, 0.05) is 36.1 Å². The first-order chi connectivity index (χ1) is 12.4. The molecule has 0 aliphatic carbocycles. The highest BCUT2D eigenvalue weighted by molar-refractivity contribution is 5.98. The maximum atomic E-state index is 13.0. The molecule has 1 aromatic heterocycles. The maximum Gasteiger partial charge on any atom is 0.311 e. The van der Waals surface area contributed by atoms with E-state index in [1.54, 1.807) is 13.0 Å². The summed E-state index contributed by atoms with van der Waals surface area (Å²) < 4.78 is 6.89. The number of rotatable bonds is 5. The Hall–Kier alpha value is -3.28. The fourth-order valence-corrected chi connectivity index (χ4v) is 3.09. The zero-order valence-corrected chi connectivity index (χ0v) is 14.8. The van der Waals surface area contributed by atoms with Crippen LogP contribution in [0.3, 0.4) is 0 Å². The van der Waals surface area contributed by atoms with Crippen LogP contribution < -0.4 is 9.30 Å². The van der Waals surface area contributed by atoms with E-state index in [4.69, 9.17) is 4.74 Å². The molecule has 26 heavy (non-hydrogen) atoms. The van der Waals surface area contributed by atoms with Gasteiger partial charge in [-0.3, -0.25) is 14.9 Å². The Morgan fingerprint density at radius 1 is 1.19 bits per heavy atom. The molecule has 1 atom stereocenters. The van der Waals surface area contributed by atoms with E-state index in [-0.39, 0.29) is 22.8 Å². The lowest BCUT2D eigenvalue weighted by Crippen LogP contribution is -2.42. The van der Waals surface area contributed by atoms with Gasteiger partial charge in [-0.05, 0) is 30.7 Å². The molecule has 3 rings (SSSR count). The zero-order chi connectivity index (χ0) is 18.8. The lowest BCUT2D eigenvalue weighted by Gasteiger charge is -2.10. The molecule has 6 nitrogen and oxygen atoms in total.